The molecule has 5 heteroatoms. The van der Waals surface area contributed by atoms with Gasteiger partial charge in [0, 0.05) is 24.6 Å². The Morgan fingerprint density at radius 2 is 2.28 bits per heavy atom. The van der Waals surface area contributed by atoms with Gasteiger partial charge >= 0.3 is 5.97 Å². The molecule has 0 aromatic heterocycles. The second-order valence-corrected chi connectivity index (χ2v) is 4.69. The lowest BCUT2D eigenvalue weighted by atomic mass is 9.99. The number of hydrogen-bond acceptors (Lipinski definition) is 4. The maximum absolute atomic E-state index is 10.8. The van der Waals surface area contributed by atoms with Gasteiger partial charge in [-0.15, -0.1) is 0 Å². The molecule has 1 heterocycles. The Bertz CT molecular complexity index is 444. The third-order valence-corrected chi connectivity index (χ3v) is 3.11. The quantitative estimate of drug-likeness (QED) is 0.742. The van der Waals surface area contributed by atoms with Crippen LogP contribution >= 0.6 is 0 Å². The number of benzene rings is 1. The molecule has 0 saturated carbocycles. The molecule has 98 valence electrons. The largest absolute Gasteiger partial charge is 0.493 e. The van der Waals surface area contributed by atoms with Gasteiger partial charge < -0.3 is 20.3 Å². The van der Waals surface area contributed by atoms with Crippen LogP contribution in [0.4, 0.5) is 0 Å². The molecule has 1 aromatic carbocycles. The van der Waals surface area contributed by atoms with E-state index in [0.29, 0.717) is 6.61 Å². The number of fused-ring (bicyclic) bond motifs is 1. The van der Waals surface area contributed by atoms with Crippen molar-refractivity contribution < 1.29 is 19.7 Å². The van der Waals surface area contributed by atoms with Gasteiger partial charge in [-0.05, 0) is 13.0 Å². The summed E-state index contributed by atoms with van der Waals surface area (Å²) in [7, 11) is 0. The smallest absolute Gasteiger partial charge is 0.336 e. The van der Waals surface area contributed by atoms with Gasteiger partial charge in [-0.1, -0.05) is 18.2 Å². The highest BCUT2D eigenvalue weighted by Crippen LogP contribution is 2.31. The second kappa shape index (κ2) is 4.96. The third-order valence-electron chi connectivity index (χ3n) is 3.11. The van der Waals surface area contributed by atoms with Crippen LogP contribution < -0.4 is 10.1 Å². The molecule has 0 saturated heterocycles. The highest BCUT2D eigenvalue weighted by molar-refractivity contribution is 5.76. The maximum Gasteiger partial charge on any atom is 0.336 e. The van der Waals surface area contributed by atoms with E-state index in [4.69, 9.17) is 9.84 Å². The van der Waals surface area contributed by atoms with Gasteiger partial charge in [-0.25, -0.2) is 4.79 Å². The third kappa shape index (κ3) is 2.63. The van der Waals surface area contributed by atoms with Crippen molar-refractivity contribution in [1.82, 2.24) is 5.32 Å². The first kappa shape index (κ1) is 12.9. The lowest BCUT2D eigenvalue weighted by Crippen LogP contribution is -2.46. The number of ether oxygens (including phenoxy) is 1. The summed E-state index contributed by atoms with van der Waals surface area (Å²) in [4.78, 5) is 10.8. The van der Waals surface area contributed by atoms with E-state index in [1.165, 1.54) is 6.92 Å². The molecule has 0 fully saturated rings. The van der Waals surface area contributed by atoms with Gasteiger partial charge in [-0.3, -0.25) is 0 Å². The molecule has 0 aliphatic carbocycles. The summed E-state index contributed by atoms with van der Waals surface area (Å²) >= 11 is 0. The van der Waals surface area contributed by atoms with Crippen molar-refractivity contribution in [3.8, 4) is 5.75 Å². The Balaban J connectivity index is 2.06. The first-order valence-electron chi connectivity index (χ1n) is 5.91. The fourth-order valence-electron chi connectivity index (χ4n) is 1.95. The Hall–Kier alpha value is -1.59. The van der Waals surface area contributed by atoms with E-state index in [9.17, 15) is 9.90 Å². The topological polar surface area (TPSA) is 78.8 Å². The SMILES string of the molecule is CC(O)(CNC1CCOc2ccccc21)C(=O)O. The summed E-state index contributed by atoms with van der Waals surface area (Å²) < 4.78 is 5.51. The number of carboxylic acids is 1. The highest BCUT2D eigenvalue weighted by Gasteiger charge is 2.31. The monoisotopic (exact) mass is 251 g/mol. The van der Waals surface area contributed by atoms with Crippen LogP contribution in [0.3, 0.4) is 0 Å². The molecule has 2 rings (SSSR count). The lowest BCUT2D eigenvalue weighted by molar-refractivity contribution is -0.156. The molecule has 18 heavy (non-hydrogen) atoms. The molecular weight excluding hydrogens is 234 g/mol. The number of nitrogens with one attached hydrogen (secondary N) is 1. The molecule has 1 aromatic rings. The van der Waals surface area contributed by atoms with E-state index < -0.39 is 11.6 Å². The molecule has 1 aliphatic heterocycles. The van der Waals surface area contributed by atoms with E-state index in [1.807, 2.05) is 24.3 Å². The highest BCUT2D eigenvalue weighted by atomic mass is 16.5. The predicted molar refractivity (Wildman–Crippen MR) is 65.6 cm³/mol. The Morgan fingerprint density at radius 3 is 3.00 bits per heavy atom. The fourth-order valence-corrected chi connectivity index (χ4v) is 1.95. The van der Waals surface area contributed by atoms with Gasteiger partial charge in [0.2, 0.25) is 0 Å². The average Bonchev–Trinajstić information content (AvgIpc) is 2.36. The van der Waals surface area contributed by atoms with Crippen molar-refractivity contribution in [2.24, 2.45) is 0 Å². The number of hydrogen-bond donors (Lipinski definition) is 3. The Morgan fingerprint density at radius 1 is 1.56 bits per heavy atom. The van der Waals surface area contributed by atoms with Crippen molar-refractivity contribution in [2.45, 2.75) is 25.0 Å². The van der Waals surface area contributed by atoms with Crippen LogP contribution in [0.5, 0.6) is 5.75 Å². The van der Waals surface area contributed by atoms with Crippen molar-refractivity contribution in [2.75, 3.05) is 13.2 Å². The Kier molecular flexibility index (Phi) is 3.54. The summed E-state index contributed by atoms with van der Waals surface area (Å²) in [6.45, 7) is 1.87. The van der Waals surface area contributed by atoms with Crippen LogP contribution in [0, 0.1) is 0 Å². The zero-order valence-corrected chi connectivity index (χ0v) is 10.2. The molecule has 5 nitrogen and oxygen atoms in total. The van der Waals surface area contributed by atoms with Crippen LogP contribution in [0.15, 0.2) is 24.3 Å². The molecule has 2 atom stereocenters. The molecule has 3 N–H and O–H groups in total. The van der Waals surface area contributed by atoms with E-state index in [2.05, 4.69) is 5.32 Å². The molecule has 2 unspecified atom stereocenters. The summed E-state index contributed by atoms with van der Waals surface area (Å²) in [6.07, 6.45) is 0.757. The lowest BCUT2D eigenvalue weighted by Gasteiger charge is -2.29. The normalized spacial score (nSPS) is 21.6. The molecule has 0 amide bonds. The van der Waals surface area contributed by atoms with E-state index in [-0.39, 0.29) is 12.6 Å². The zero-order chi connectivity index (χ0) is 13.2. The van der Waals surface area contributed by atoms with Gasteiger partial charge in [0.15, 0.2) is 5.60 Å². The number of rotatable bonds is 4. The van der Waals surface area contributed by atoms with E-state index >= 15 is 0 Å². The number of carboxylic acid groups (broad SMARTS) is 1. The minimum absolute atomic E-state index is 0.00132. The number of aliphatic hydroxyl groups is 1. The van der Waals surface area contributed by atoms with Crippen LogP contribution in [0.25, 0.3) is 0 Å². The van der Waals surface area contributed by atoms with Gasteiger partial charge in [0.1, 0.15) is 5.75 Å². The number of aliphatic carboxylic acids is 1. The van der Waals surface area contributed by atoms with Crippen molar-refractivity contribution in [3.63, 3.8) is 0 Å². The van der Waals surface area contributed by atoms with Crippen molar-refractivity contribution in [1.29, 1.82) is 0 Å². The minimum atomic E-state index is -1.76. The summed E-state index contributed by atoms with van der Waals surface area (Å²) in [5.41, 5.74) is -0.752. The summed E-state index contributed by atoms with van der Waals surface area (Å²) in [5.74, 6) is -0.411. The van der Waals surface area contributed by atoms with Gasteiger partial charge in [0.05, 0.1) is 6.61 Å². The van der Waals surface area contributed by atoms with Crippen molar-refractivity contribution >= 4 is 5.97 Å². The van der Waals surface area contributed by atoms with E-state index in [0.717, 1.165) is 17.7 Å². The number of carbonyl (C=O) groups is 1. The Labute approximate surface area is 105 Å². The fraction of sp³-hybridized carbons (Fsp3) is 0.462. The summed E-state index contributed by atoms with van der Waals surface area (Å²) in [5, 5.41) is 21.6. The van der Waals surface area contributed by atoms with Crippen LogP contribution in [-0.2, 0) is 4.79 Å². The number of para-hydroxylation sites is 1. The van der Waals surface area contributed by atoms with Crippen molar-refractivity contribution in [3.05, 3.63) is 29.8 Å². The molecule has 1 aliphatic rings. The van der Waals surface area contributed by atoms with Crippen LogP contribution in [0.1, 0.15) is 24.9 Å². The molecular formula is C13H17NO4. The van der Waals surface area contributed by atoms with Crippen LogP contribution in [0.2, 0.25) is 0 Å². The molecule has 0 radical (unpaired) electrons. The average molecular weight is 251 g/mol. The molecule has 0 spiro atoms. The molecule has 0 bridgehead atoms. The standard InChI is InChI=1S/C13H17NO4/c1-13(17,12(15)16)8-14-10-6-7-18-11-5-3-2-4-9(10)11/h2-5,10,14,17H,6-8H2,1H3,(H,15,16). The predicted octanol–water partition coefficient (Wildman–Crippen LogP) is 0.935. The second-order valence-electron chi connectivity index (χ2n) is 4.69. The zero-order valence-electron chi connectivity index (χ0n) is 10.2. The minimum Gasteiger partial charge on any atom is -0.493 e. The van der Waals surface area contributed by atoms with E-state index in [1.54, 1.807) is 0 Å². The summed E-state index contributed by atoms with van der Waals surface area (Å²) in [6, 6.07) is 7.66. The van der Waals surface area contributed by atoms with Crippen LogP contribution in [-0.4, -0.2) is 34.9 Å². The van der Waals surface area contributed by atoms with Gasteiger partial charge in [0.25, 0.3) is 0 Å². The first-order chi connectivity index (χ1) is 8.50. The maximum atomic E-state index is 10.8. The van der Waals surface area contributed by atoms with Gasteiger partial charge in [-0.2, -0.15) is 0 Å². The first-order valence-corrected chi connectivity index (χ1v) is 5.91.